The van der Waals surface area contributed by atoms with E-state index in [1.807, 2.05) is 30.3 Å². The first-order chi connectivity index (χ1) is 21.8. The second kappa shape index (κ2) is 17.3. The molecule has 2 aromatic rings. The summed E-state index contributed by atoms with van der Waals surface area (Å²) < 4.78 is 34.4. The summed E-state index contributed by atoms with van der Waals surface area (Å²) in [6, 6.07) is 13.1. The van der Waals surface area contributed by atoms with Gasteiger partial charge in [-0.15, -0.1) is 0 Å². The lowest BCUT2D eigenvalue weighted by atomic mass is 9.74. The van der Waals surface area contributed by atoms with Crippen LogP contribution in [0.4, 0.5) is 0 Å². The molecule has 1 heterocycles. The van der Waals surface area contributed by atoms with E-state index in [-0.39, 0.29) is 25.4 Å². The van der Waals surface area contributed by atoms with E-state index >= 15 is 0 Å². The SMILES string of the molecule is C=C(C)C(=O)Oc1ccc(-c2ccc(OCCOC(=O)C(=C)COC)c(C3OCC(C4CCC(CCCC)CC4)CO3)c2)cc1. The monoisotopic (exact) mass is 620 g/mol. The average Bonchev–Trinajstić information content (AvgIpc) is 3.06. The molecule has 1 aliphatic carbocycles. The summed E-state index contributed by atoms with van der Waals surface area (Å²) in [5, 5.41) is 0. The van der Waals surface area contributed by atoms with Gasteiger partial charge in [0.15, 0.2) is 6.29 Å². The van der Waals surface area contributed by atoms with Crippen LogP contribution < -0.4 is 9.47 Å². The predicted octanol–water partition coefficient (Wildman–Crippen LogP) is 7.62. The molecular formula is C37H48O8. The van der Waals surface area contributed by atoms with Crippen molar-refractivity contribution in [3.8, 4) is 22.6 Å². The van der Waals surface area contributed by atoms with Crippen LogP contribution in [0.3, 0.4) is 0 Å². The topological polar surface area (TPSA) is 89.5 Å². The molecule has 1 aliphatic heterocycles. The molecule has 0 aromatic heterocycles. The molecule has 45 heavy (non-hydrogen) atoms. The molecule has 2 aromatic carbocycles. The van der Waals surface area contributed by atoms with Crippen molar-refractivity contribution in [1.82, 2.24) is 0 Å². The van der Waals surface area contributed by atoms with Gasteiger partial charge < -0.3 is 28.4 Å². The first kappa shape index (κ1) is 34.4. The summed E-state index contributed by atoms with van der Waals surface area (Å²) >= 11 is 0. The van der Waals surface area contributed by atoms with Gasteiger partial charge in [-0.1, -0.05) is 70.4 Å². The van der Waals surface area contributed by atoms with Crippen LogP contribution >= 0.6 is 0 Å². The third-order valence-electron chi connectivity index (χ3n) is 8.64. The van der Waals surface area contributed by atoms with Crippen molar-refractivity contribution in [3.05, 3.63) is 72.3 Å². The van der Waals surface area contributed by atoms with Gasteiger partial charge >= 0.3 is 11.9 Å². The molecule has 2 fully saturated rings. The number of hydrogen-bond donors (Lipinski definition) is 0. The van der Waals surface area contributed by atoms with Crippen LogP contribution in [0, 0.1) is 17.8 Å². The molecule has 8 heteroatoms. The molecule has 1 saturated carbocycles. The number of rotatable bonds is 15. The van der Waals surface area contributed by atoms with E-state index in [0.29, 0.717) is 42.1 Å². The number of methoxy groups -OCH3 is 1. The van der Waals surface area contributed by atoms with Gasteiger partial charge in [0.05, 0.1) is 31.0 Å². The molecule has 4 rings (SSSR count). The maximum Gasteiger partial charge on any atom is 0.338 e. The number of hydrogen-bond acceptors (Lipinski definition) is 8. The Morgan fingerprint density at radius 1 is 0.889 bits per heavy atom. The van der Waals surface area contributed by atoms with Crippen molar-refractivity contribution >= 4 is 11.9 Å². The minimum atomic E-state index is -0.586. The Kier molecular flexibility index (Phi) is 13.2. The summed E-state index contributed by atoms with van der Waals surface area (Å²) in [5.41, 5.74) is 3.20. The summed E-state index contributed by atoms with van der Waals surface area (Å²) in [7, 11) is 1.50. The Labute approximate surface area is 267 Å². The lowest BCUT2D eigenvalue weighted by molar-refractivity contribution is -0.215. The maximum absolute atomic E-state index is 12.1. The van der Waals surface area contributed by atoms with Gasteiger partial charge in [0, 0.05) is 18.6 Å². The lowest BCUT2D eigenvalue weighted by Gasteiger charge is -2.38. The molecule has 8 nitrogen and oxygen atoms in total. The lowest BCUT2D eigenvalue weighted by Crippen LogP contribution is -2.34. The Bertz CT molecular complexity index is 1280. The van der Waals surface area contributed by atoms with E-state index < -0.39 is 18.2 Å². The normalized spacial score (nSPS) is 21.5. The van der Waals surface area contributed by atoms with Crippen molar-refractivity contribution in [2.45, 2.75) is 65.1 Å². The van der Waals surface area contributed by atoms with Gasteiger partial charge in [-0.3, -0.25) is 0 Å². The molecule has 0 unspecified atom stereocenters. The maximum atomic E-state index is 12.1. The zero-order chi connectivity index (χ0) is 32.2. The van der Waals surface area contributed by atoms with Crippen LogP contribution in [-0.2, 0) is 28.5 Å². The van der Waals surface area contributed by atoms with E-state index in [1.54, 1.807) is 19.1 Å². The van der Waals surface area contributed by atoms with Crippen LogP contribution in [0.15, 0.2) is 66.8 Å². The second-order valence-corrected chi connectivity index (χ2v) is 12.1. The number of unbranched alkanes of at least 4 members (excludes halogenated alkanes) is 1. The van der Waals surface area contributed by atoms with Gasteiger partial charge in [-0.25, -0.2) is 9.59 Å². The molecular weight excluding hydrogens is 572 g/mol. The fourth-order valence-electron chi connectivity index (χ4n) is 5.99. The summed E-state index contributed by atoms with van der Waals surface area (Å²) in [5.74, 6) is 1.94. The Balaban J connectivity index is 1.43. The van der Waals surface area contributed by atoms with Crippen LogP contribution in [-0.4, -0.2) is 52.1 Å². The highest BCUT2D eigenvalue weighted by atomic mass is 16.7. The molecule has 0 amide bonds. The highest BCUT2D eigenvalue weighted by Gasteiger charge is 2.33. The number of ether oxygens (including phenoxy) is 6. The summed E-state index contributed by atoms with van der Waals surface area (Å²) in [4.78, 5) is 24.0. The molecule has 0 bridgehead atoms. The standard InChI is InChI=1S/C37H48O8/c1-6-7-8-27-9-11-29(12-10-27)31-23-43-37(44-24-31)33-21-30(28-13-16-32(17-14-28)45-35(38)25(2)3)15-18-34(33)41-19-20-42-36(39)26(4)22-40-5/h13-18,21,27,29,31,37H,2,4,6-12,19-20,22-24H2,1,3,5H3. The highest BCUT2D eigenvalue weighted by Crippen LogP contribution is 2.41. The number of carbonyl (C=O) groups is 2. The van der Waals surface area contributed by atoms with Crippen LogP contribution in [0.5, 0.6) is 11.5 Å². The minimum Gasteiger partial charge on any atom is -0.490 e. The van der Waals surface area contributed by atoms with E-state index in [2.05, 4.69) is 20.1 Å². The Morgan fingerprint density at radius 2 is 1.58 bits per heavy atom. The van der Waals surface area contributed by atoms with E-state index in [4.69, 9.17) is 28.4 Å². The fraction of sp³-hybridized carbons (Fsp3) is 0.514. The van der Waals surface area contributed by atoms with E-state index in [1.165, 1.54) is 52.1 Å². The first-order valence-electron chi connectivity index (χ1n) is 16.1. The molecule has 0 spiro atoms. The third-order valence-corrected chi connectivity index (χ3v) is 8.64. The van der Waals surface area contributed by atoms with Crippen molar-refractivity contribution in [2.75, 3.05) is 40.1 Å². The number of carbonyl (C=O) groups excluding carboxylic acids is 2. The van der Waals surface area contributed by atoms with Gasteiger partial charge in [-0.2, -0.15) is 0 Å². The number of benzene rings is 2. The molecule has 0 radical (unpaired) electrons. The van der Waals surface area contributed by atoms with Crippen molar-refractivity contribution in [3.63, 3.8) is 0 Å². The summed E-state index contributed by atoms with van der Waals surface area (Å²) in [6.07, 6.45) is 8.46. The average molecular weight is 621 g/mol. The quantitative estimate of drug-likeness (QED) is 0.0870. The zero-order valence-electron chi connectivity index (χ0n) is 27.0. The first-order valence-corrected chi connectivity index (χ1v) is 16.1. The second-order valence-electron chi connectivity index (χ2n) is 12.1. The Hall–Kier alpha value is -3.46. The molecule has 0 atom stereocenters. The van der Waals surface area contributed by atoms with Crippen LogP contribution in [0.25, 0.3) is 11.1 Å². The van der Waals surface area contributed by atoms with E-state index in [9.17, 15) is 9.59 Å². The van der Waals surface area contributed by atoms with Gasteiger partial charge in [-0.05, 0) is 67.0 Å². The smallest absolute Gasteiger partial charge is 0.338 e. The number of esters is 2. The molecule has 2 aliphatic rings. The van der Waals surface area contributed by atoms with Crippen LogP contribution in [0.2, 0.25) is 0 Å². The van der Waals surface area contributed by atoms with Gasteiger partial charge in [0.1, 0.15) is 24.7 Å². The Morgan fingerprint density at radius 3 is 2.22 bits per heavy atom. The van der Waals surface area contributed by atoms with Crippen LogP contribution in [0.1, 0.15) is 70.6 Å². The third kappa shape index (κ3) is 10.0. The molecule has 244 valence electrons. The largest absolute Gasteiger partial charge is 0.490 e. The van der Waals surface area contributed by atoms with Crippen molar-refractivity contribution in [1.29, 1.82) is 0 Å². The molecule has 1 saturated heterocycles. The summed E-state index contributed by atoms with van der Waals surface area (Å²) in [6.45, 7) is 12.8. The van der Waals surface area contributed by atoms with Gasteiger partial charge in [0.25, 0.3) is 0 Å². The van der Waals surface area contributed by atoms with Crippen molar-refractivity contribution < 1.29 is 38.0 Å². The van der Waals surface area contributed by atoms with Crippen molar-refractivity contribution in [2.24, 2.45) is 17.8 Å². The fourth-order valence-corrected chi connectivity index (χ4v) is 5.99. The van der Waals surface area contributed by atoms with Gasteiger partial charge in [0.2, 0.25) is 0 Å². The predicted molar refractivity (Wildman–Crippen MR) is 173 cm³/mol. The zero-order valence-corrected chi connectivity index (χ0v) is 27.0. The highest BCUT2D eigenvalue weighted by molar-refractivity contribution is 5.89. The van der Waals surface area contributed by atoms with E-state index in [0.717, 1.165) is 22.6 Å². The minimum absolute atomic E-state index is 0.0580. The molecule has 0 N–H and O–H groups in total.